The second-order valence-electron chi connectivity index (χ2n) is 3.13. The Morgan fingerprint density at radius 3 is 3.00 bits per heavy atom. The summed E-state index contributed by atoms with van der Waals surface area (Å²) in [5.74, 6) is 0.389. The van der Waals surface area contributed by atoms with Crippen LogP contribution in [0.2, 0.25) is 5.02 Å². The van der Waals surface area contributed by atoms with E-state index in [1.165, 1.54) is 6.33 Å². The Kier molecular flexibility index (Phi) is 3.35. The molecule has 0 amide bonds. The number of anilines is 1. The SMILES string of the molecule is Nc1c(Oc2cc(Br)ccc2Cl)nc[nH]c1=O. The number of aromatic amines is 1. The average Bonchev–Trinajstić information content (AvgIpc) is 2.30. The molecule has 0 aliphatic heterocycles. The Balaban J connectivity index is 2.41. The van der Waals surface area contributed by atoms with Crippen LogP contribution in [0, 0.1) is 0 Å². The van der Waals surface area contributed by atoms with E-state index in [1.807, 2.05) is 0 Å². The number of rotatable bonds is 2. The van der Waals surface area contributed by atoms with Crippen molar-refractivity contribution in [1.82, 2.24) is 9.97 Å². The number of aromatic nitrogens is 2. The largest absolute Gasteiger partial charge is 0.435 e. The maximum Gasteiger partial charge on any atom is 0.277 e. The molecule has 3 N–H and O–H groups in total. The van der Waals surface area contributed by atoms with Crippen LogP contribution >= 0.6 is 27.5 Å². The minimum Gasteiger partial charge on any atom is -0.435 e. The molecule has 1 aromatic heterocycles. The molecule has 0 bridgehead atoms. The summed E-state index contributed by atoms with van der Waals surface area (Å²) in [6, 6.07) is 5.08. The van der Waals surface area contributed by atoms with Gasteiger partial charge in [-0.25, -0.2) is 4.98 Å². The topological polar surface area (TPSA) is 81.0 Å². The quantitative estimate of drug-likeness (QED) is 0.892. The summed E-state index contributed by atoms with van der Waals surface area (Å²) >= 11 is 9.22. The van der Waals surface area contributed by atoms with Crippen LogP contribution < -0.4 is 16.0 Å². The van der Waals surface area contributed by atoms with Crippen molar-refractivity contribution < 1.29 is 4.74 Å². The van der Waals surface area contributed by atoms with Gasteiger partial charge in [-0.15, -0.1) is 0 Å². The third kappa shape index (κ3) is 2.59. The Morgan fingerprint density at radius 1 is 1.47 bits per heavy atom. The maximum absolute atomic E-state index is 11.2. The van der Waals surface area contributed by atoms with Crippen LogP contribution in [-0.2, 0) is 0 Å². The smallest absolute Gasteiger partial charge is 0.277 e. The molecule has 0 radical (unpaired) electrons. The van der Waals surface area contributed by atoms with Crippen LogP contribution in [0.1, 0.15) is 0 Å². The lowest BCUT2D eigenvalue weighted by Crippen LogP contribution is -2.13. The summed E-state index contributed by atoms with van der Waals surface area (Å²) in [5.41, 5.74) is 4.98. The third-order valence-electron chi connectivity index (χ3n) is 1.95. The molecule has 0 aliphatic carbocycles. The molecule has 0 unspecified atom stereocenters. The molecule has 0 saturated heterocycles. The average molecular weight is 317 g/mol. The van der Waals surface area contributed by atoms with E-state index < -0.39 is 5.56 Å². The van der Waals surface area contributed by atoms with Gasteiger partial charge in [0.1, 0.15) is 5.75 Å². The molecule has 1 aromatic carbocycles. The van der Waals surface area contributed by atoms with Crippen molar-refractivity contribution >= 4 is 33.2 Å². The van der Waals surface area contributed by atoms with E-state index in [4.69, 9.17) is 22.1 Å². The molecule has 0 aliphatic rings. The first-order chi connectivity index (χ1) is 8.08. The number of H-pyrrole nitrogens is 1. The van der Waals surface area contributed by atoms with Gasteiger partial charge in [0.05, 0.1) is 11.3 Å². The number of hydrogen-bond donors (Lipinski definition) is 2. The maximum atomic E-state index is 11.2. The zero-order valence-electron chi connectivity index (χ0n) is 8.41. The molecule has 0 fully saturated rings. The number of benzene rings is 1. The van der Waals surface area contributed by atoms with Crippen LogP contribution in [0.25, 0.3) is 0 Å². The fourth-order valence-electron chi connectivity index (χ4n) is 1.13. The molecule has 5 nitrogen and oxygen atoms in total. The number of nitrogens with zero attached hydrogens (tertiary/aromatic N) is 1. The first-order valence-electron chi connectivity index (χ1n) is 4.54. The number of halogens is 2. The molecular formula is C10H7BrClN3O2. The number of nitrogen functional groups attached to an aromatic ring is 1. The van der Waals surface area contributed by atoms with Crippen molar-refractivity contribution in [3.63, 3.8) is 0 Å². The van der Waals surface area contributed by atoms with Gasteiger partial charge in [-0.3, -0.25) is 4.79 Å². The van der Waals surface area contributed by atoms with E-state index in [1.54, 1.807) is 18.2 Å². The summed E-state index contributed by atoms with van der Waals surface area (Å²) < 4.78 is 6.18. The van der Waals surface area contributed by atoms with Crippen molar-refractivity contribution in [2.24, 2.45) is 0 Å². The van der Waals surface area contributed by atoms with E-state index in [9.17, 15) is 4.79 Å². The highest BCUT2D eigenvalue weighted by Gasteiger charge is 2.09. The van der Waals surface area contributed by atoms with Gasteiger partial charge in [-0.2, -0.15) is 0 Å². The van der Waals surface area contributed by atoms with Gasteiger partial charge in [0, 0.05) is 4.47 Å². The molecular weight excluding hydrogens is 309 g/mol. The lowest BCUT2D eigenvalue weighted by atomic mass is 10.3. The number of ether oxygens (including phenoxy) is 1. The lowest BCUT2D eigenvalue weighted by Gasteiger charge is -2.07. The fourth-order valence-corrected chi connectivity index (χ4v) is 1.63. The Hall–Kier alpha value is -1.53. The summed E-state index contributed by atoms with van der Waals surface area (Å²) in [6.07, 6.45) is 1.21. The Labute approximate surface area is 110 Å². The first kappa shape index (κ1) is 11.9. The van der Waals surface area contributed by atoms with Gasteiger partial charge in [0.25, 0.3) is 5.56 Å². The summed E-state index contributed by atoms with van der Waals surface area (Å²) in [4.78, 5) is 17.4. The van der Waals surface area contributed by atoms with Gasteiger partial charge in [-0.05, 0) is 18.2 Å². The van der Waals surface area contributed by atoms with Crippen molar-refractivity contribution in [1.29, 1.82) is 0 Å². The predicted molar refractivity (Wildman–Crippen MR) is 68.5 cm³/mol. The molecule has 17 heavy (non-hydrogen) atoms. The molecule has 2 rings (SSSR count). The Morgan fingerprint density at radius 2 is 2.24 bits per heavy atom. The van der Waals surface area contributed by atoms with Gasteiger partial charge in [0.2, 0.25) is 5.88 Å². The zero-order valence-corrected chi connectivity index (χ0v) is 10.7. The monoisotopic (exact) mass is 315 g/mol. The van der Waals surface area contributed by atoms with Gasteiger partial charge in [0.15, 0.2) is 5.69 Å². The van der Waals surface area contributed by atoms with Crippen LogP contribution in [-0.4, -0.2) is 9.97 Å². The minimum absolute atomic E-state index is 0.0220. The van der Waals surface area contributed by atoms with Gasteiger partial charge < -0.3 is 15.5 Å². The summed E-state index contributed by atoms with van der Waals surface area (Å²) in [6.45, 7) is 0. The molecule has 1 heterocycles. The minimum atomic E-state index is -0.457. The predicted octanol–water partition coefficient (Wildman–Crippen LogP) is 2.56. The van der Waals surface area contributed by atoms with E-state index in [0.29, 0.717) is 10.8 Å². The van der Waals surface area contributed by atoms with E-state index in [-0.39, 0.29) is 11.6 Å². The number of hydrogen-bond acceptors (Lipinski definition) is 4. The van der Waals surface area contributed by atoms with Gasteiger partial charge in [-0.1, -0.05) is 27.5 Å². The zero-order chi connectivity index (χ0) is 12.4. The van der Waals surface area contributed by atoms with Crippen molar-refractivity contribution in [2.75, 3.05) is 5.73 Å². The molecule has 88 valence electrons. The number of nitrogens with one attached hydrogen (secondary N) is 1. The lowest BCUT2D eigenvalue weighted by molar-refractivity contribution is 0.463. The Bertz CT molecular complexity index is 615. The van der Waals surface area contributed by atoms with E-state index >= 15 is 0 Å². The van der Waals surface area contributed by atoms with Crippen LogP contribution in [0.4, 0.5) is 5.69 Å². The highest BCUT2D eigenvalue weighted by Crippen LogP contribution is 2.32. The van der Waals surface area contributed by atoms with Crippen LogP contribution in [0.15, 0.2) is 33.8 Å². The molecule has 0 saturated carbocycles. The molecule has 0 atom stereocenters. The number of nitrogens with two attached hydrogens (primary N) is 1. The first-order valence-corrected chi connectivity index (χ1v) is 5.71. The van der Waals surface area contributed by atoms with Gasteiger partial charge >= 0.3 is 0 Å². The fraction of sp³-hybridized carbons (Fsp3) is 0. The highest BCUT2D eigenvalue weighted by molar-refractivity contribution is 9.10. The van der Waals surface area contributed by atoms with Crippen molar-refractivity contribution in [3.8, 4) is 11.6 Å². The summed E-state index contributed by atoms with van der Waals surface area (Å²) in [7, 11) is 0. The molecule has 2 aromatic rings. The van der Waals surface area contributed by atoms with E-state index in [2.05, 4.69) is 25.9 Å². The molecule has 7 heteroatoms. The van der Waals surface area contributed by atoms with Crippen LogP contribution in [0.5, 0.6) is 11.6 Å². The van der Waals surface area contributed by atoms with Crippen LogP contribution in [0.3, 0.4) is 0 Å². The highest BCUT2D eigenvalue weighted by atomic mass is 79.9. The van der Waals surface area contributed by atoms with Crippen molar-refractivity contribution in [3.05, 3.63) is 44.4 Å². The molecule has 0 spiro atoms. The van der Waals surface area contributed by atoms with Crippen molar-refractivity contribution in [2.45, 2.75) is 0 Å². The second-order valence-corrected chi connectivity index (χ2v) is 4.45. The third-order valence-corrected chi connectivity index (χ3v) is 2.76. The normalized spacial score (nSPS) is 10.2. The summed E-state index contributed by atoms with van der Waals surface area (Å²) in [5, 5.41) is 0.398. The van der Waals surface area contributed by atoms with E-state index in [0.717, 1.165) is 4.47 Å². The second kappa shape index (κ2) is 4.77. The standard InChI is InChI=1S/C10H7BrClN3O2/c11-5-1-2-6(12)7(3-5)17-10-8(13)9(16)14-4-15-10/h1-4H,13H2,(H,14,15,16).